The molecule has 0 spiro atoms. The van der Waals surface area contributed by atoms with E-state index >= 15 is 0 Å². The van der Waals surface area contributed by atoms with E-state index in [2.05, 4.69) is 46.4 Å². The molecular formula is C17H18N4. The Balaban J connectivity index is 1.84. The number of hydrogen-bond donors (Lipinski definition) is 1. The van der Waals surface area contributed by atoms with Gasteiger partial charge >= 0.3 is 0 Å². The number of nitriles is 1. The van der Waals surface area contributed by atoms with Crippen molar-refractivity contribution in [3.8, 4) is 6.07 Å². The van der Waals surface area contributed by atoms with Gasteiger partial charge in [0.1, 0.15) is 11.9 Å². The van der Waals surface area contributed by atoms with E-state index in [1.807, 2.05) is 6.07 Å². The second-order valence-electron chi connectivity index (χ2n) is 5.23. The van der Waals surface area contributed by atoms with Crippen LogP contribution in [0.1, 0.15) is 23.6 Å². The van der Waals surface area contributed by atoms with E-state index in [-0.39, 0.29) is 0 Å². The molecular weight excluding hydrogens is 260 g/mol. The van der Waals surface area contributed by atoms with Crippen LogP contribution in [0.25, 0.3) is 0 Å². The van der Waals surface area contributed by atoms with Gasteiger partial charge in [-0.3, -0.25) is 4.90 Å². The van der Waals surface area contributed by atoms with E-state index in [0.717, 1.165) is 37.6 Å². The normalized spacial score (nSPS) is 14.3. The van der Waals surface area contributed by atoms with Crippen LogP contribution in [0.5, 0.6) is 0 Å². The molecule has 1 aromatic heterocycles. The van der Waals surface area contributed by atoms with E-state index in [4.69, 9.17) is 5.26 Å². The zero-order valence-electron chi connectivity index (χ0n) is 12.1. The predicted octanol–water partition coefficient (Wildman–Crippen LogP) is 3.07. The summed E-state index contributed by atoms with van der Waals surface area (Å²) in [6.45, 7) is 5.41. The molecule has 0 aliphatic carbocycles. The third-order valence-electron chi connectivity index (χ3n) is 3.95. The maximum Gasteiger partial charge on any atom is 0.130 e. The highest BCUT2D eigenvalue weighted by Gasteiger charge is 2.17. The number of aromatic nitrogens is 1. The fourth-order valence-electron chi connectivity index (χ4n) is 2.73. The van der Waals surface area contributed by atoms with Crippen LogP contribution in [0, 0.1) is 11.3 Å². The lowest BCUT2D eigenvalue weighted by Crippen LogP contribution is -2.30. The highest BCUT2D eigenvalue weighted by Crippen LogP contribution is 2.28. The lowest BCUT2D eigenvalue weighted by atomic mass is 9.97. The van der Waals surface area contributed by atoms with Crippen LogP contribution in [-0.4, -0.2) is 23.0 Å². The Morgan fingerprint density at radius 1 is 1.33 bits per heavy atom. The first kappa shape index (κ1) is 13.6. The van der Waals surface area contributed by atoms with E-state index < -0.39 is 0 Å². The molecule has 4 nitrogen and oxygen atoms in total. The summed E-state index contributed by atoms with van der Waals surface area (Å²) >= 11 is 0. The summed E-state index contributed by atoms with van der Waals surface area (Å²) < 4.78 is 0. The van der Waals surface area contributed by atoms with Crippen molar-refractivity contribution >= 4 is 11.5 Å². The fourth-order valence-corrected chi connectivity index (χ4v) is 2.73. The Kier molecular flexibility index (Phi) is 3.85. The predicted molar refractivity (Wildman–Crippen MR) is 83.3 cm³/mol. The standard InChI is InChI=1S/C17H18N4/c1-2-21-9-8-15-14(12-21)4-3-5-16(15)20-17-7-6-13(10-18)11-19-17/h3-7,11H,2,8-9,12H2,1H3,(H,19,20). The van der Waals surface area contributed by atoms with Crippen molar-refractivity contribution in [2.75, 3.05) is 18.4 Å². The van der Waals surface area contributed by atoms with E-state index in [1.54, 1.807) is 12.3 Å². The van der Waals surface area contributed by atoms with Crippen molar-refractivity contribution in [2.24, 2.45) is 0 Å². The summed E-state index contributed by atoms with van der Waals surface area (Å²) in [6, 6.07) is 12.1. The van der Waals surface area contributed by atoms with Gasteiger partial charge in [-0.25, -0.2) is 4.98 Å². The molecule has 0 bridgehead atoms. The molecule has 0 radical (unpaired) electrons. The first-order chi connectivity index (χ1) is 10.3. The summed E-state index contributed by atoms with van der Waals surface area (Å²) in [4.78, 5) is 6.73. The average molecular weight is 278 g/mol. The van der Waals surface area contributed by atoms with Crippen LogP contribution >= 0.6 is 0 Å². The third kappa shape index (κ3) is 2.88. The van der Waals surface area contributed by atoms with Crippen LogP contribution in [0.2, 0.25) is 0 Å². The molecule has 1 aliphatic rings. The number of likely N-dealkylation sites (N-methyl/N-ethyl adjacent to an activating group) is 1. The van der Waals surface area contributed by atoms with Crippen LogP contribution < -0.4 is 5.32 Å². The molecule has 0 saturated carbocycles. The number of nitrogens with zero attached hydrogens (tertiary/aromatic N) is 3. The third-order valence-corrected chi connectivity index (χ3v) is 3.95. The van der Waals surface area contributed by atoms with Crippen molar-refractivity contribution in [3.05, 3.63) is 53.2 Å². The smallest absolute Gasteiger partial charge is 0.130 e. The summed E-state index contributed by atoms with van der Waals surface area (Å²) in [5, 5.41) is 12.2. The van der Waals surface area contributed by atoms with Gasteiger partial charge in [-0.05, 0) is 42.3 Å². The highest BCUT2D eigenvalue weighted by molar-refractivity contribution is 5.63. The Morgan fingerprint density at radius 2 is 2.24 bits per heavy atom. The highest BCUT2D eigenvalue weighted by atomic mass is 15.1. The zero-order valence-corrected chi connectivity index (χ0v) is 12.1. The lowest BCUT2D eigenvalue weighted by molar-refractivity contribution is 0.268. The molecule has 0 atom stereocenters. The van der Waals surface area contributed by atoms with Crippen LogP contribution in [-0.2, 0) is 13.0 Å². The molecule has 1 N–H and O–H groups in total. The van der Waals surface area contributed by atoms with Crippen LogP contribution in [0.15, 0.2) is 36.5 Å². The number of anilines is 2. The fraction of sp³-hybridized carbons (Fsp3) is 0.294. The maximum atomic E-state index is 8.81. The second-order valence-corrected chi connectivity index (χ2v) is 5.23. The van der Waals surface area contributed by atoms with Gasteiger partial charge in [0.15, 0.2) is 0 Å². The molecule has 21 heavy (non-hydrogen) atoms. The Labute approximate surface area is 125 Å². The molecule has 0 unspecified atom stereocenters. The molecule has 1 aromatic carbocycles. The van der Waals surface area contributed by atoms with Gasteiger partial charge in [0.2, 0.25) is 0 Å². The number of benzene rings is 1. The van der Waals surface area contributed by atoms with E-state index in [0.29, 0.717) is 5.56 Å². The minimum absolute atomic E-state index is 0.578. The van der Waals surface area contributed by atoms with Gasteiger partial charge in [-0.1, -0.05) is 19.1 Å². The molecule has 1 aliphatic heterocycles. The summed E-state index contributed by atoms with van der Waals surface area (Å²) in [5.74, 6) is 0.778. The van der Waals surface area contributed by atoms with E-state index in [1.165, 1.54) is 11.1 Å². The monoisotopic (exact) mass is 278 g/mol. The number of hydrogen-bond acceptors (Lipinski definition) is 4. The average Bonchev–Trinajstić information content (AvgIpc) is 2.55. The van der Waals surface area contributed by atoms with Gasteiger partial charge in [0.25, 0.3) is 0 Å². The van der Waals surface area contributed by atoms with Crippen molar-refractivity contribution < 1.29 is 0 Å². The summed E-state index contributed by atoms with van der Waals surface area (Å²) in [5.41, 5.74) is 4.48. The minimum Gasteiger partial charge on any atom is -0.340 e. The first-order valence-electron chi connectivity index (χ1n) is 7.26. The van der Waals surface area contributed by atoms with Gasteiger partial charge in [-0.2, -0.15) is 5.26 Å². The van der Waals surface area contributed by atoms with Crippen molar-refractivity contribution in [3.63, 3.8) is 0 Å². The minimum atomic E-state index is 0.578. The zero-order chi connectivity index (χ0) is 14.7. The Bertz CT molecular complexity index is 670. The number of rotatable bonds is 3. The quantitative estimate of drug-likeness (QED) is 0.937. The van der Waals surface area contributed by atoms with Gasteiger partial charge in [0.05, 0.1) is 5.56 Å². The maximum absolute atomic E-state index is 8.81. The van der Waals surface area contributed by atoms with Crippen molar-refractivity contribution in [1.82, 2.24) is 9.88 Å². The van der Waals surface area contributed by atoms with E-state index in [9.17, 15) is 0 Å². The lowest BCUT2D eigenvalue weighted by Gasteiger charge is -2.29. The summed E-state index contributed by atoms with van der Waals surface area (Å²) in [6.07, 6.45) is 2.65. The molecule has 0 saturated heterocycles. The van der Waals surface area contributed by atoms with Crippen LogP contribution in [0.4, 0.5) is 11.5 Å². The number of pyridine rings is 1. The van der Waals surface area contributed by atoms with Gasteiger partial charge < -0.3 is 5.32 Å². The molecule has 3 rings (SSSR count). The SMILES string of the molecule is CCN1CCc2c(cccc2Nc2ccc(C#N)cn2)C1. The molecule has 2 heterocycles. The number of nitrogens with one attached hydrogen (secondary N) is 1. The largest absolute Gasteiger partial charge is 0.340 e. The molecule has 4 heteroatoms. The topological polar surface area (TPSA) is 52.0 Å². The molecule has 0 amide bonds. The Morgan fingerprint density at radius 3 is 2.95 bits per heavy atom. The summed E-state index contributed by atoms with van der Waals surface area (Å²) in [7, 11) is 0. The van der Waals surface area contributed by atoms with Gasteiger partial charge in [-0.15, -0.1) is 0 Å². The number of fused-ring (bicyclic) bond motifs is 1. The molecule has 106 valence electrons. The Hall–Kier alpha value is -2.38. The van der Waals surface area contributed by atoms with Gasteiger partial charge in [0, 0.05) is 25.0 Å². The first-order valence-corrected chi connectivity index (χ1v) is 7.26. The molecule has 0 fully saturated rings. The van der Waals surface area contributed by atoms with Crippen molar-refractivity contribution in [1.29, 1.82) is 5.26 Å². The molecule has 2 aromatic rings. The van der Waals surface area contributed by atoms with Crippen LogP contribution in [0.3, 0.4) is 0 Å². The van der Waals surface area contributed by atoms with Crippen molar-refractivity contribution in [2.45, 2.75) is 19.9 Å². The second kappa shape index (κ2) is 5.94.